The van der Waals surface area contributed by atoms with E-state index in [2.05, 4.69) is 0 Å². The van der Waals surface area contributed by atoms with Crippen molar-refractivity contribution in [2.24, 2.45) is 5.73 Å². The SMILES string of the molecule is CCC(C)Oc1c(F)cccc1CN. The fourth-order valence-corrected chi connectivity index (χ4v) is 1.13. The van der Waals surface area contributed by atoms with Crippen LogP contribution in [-0.2, 0) is 6.54 Å². The first kappa shape index (κ1) is 11.0. The molecule has 0 spiro atoms. The minimum atomic E-state index is -0.340. The maximum Gasteiger partial charge on any atom is 0.165 e. The number of ether oxygens (including phenoxy) is 1. The molecule has 14 heavy (non-hydrogen) atoms. The largest absolute Gasteiger partial charge is 0.487 e. The first-order valence-corrected chi connectivity index (χ1v) is 4.83. The number of nitrogens with two attached hydrogens (primary N) is 1. The molecular weight excluding hydrogens is 181 g/mol. The summed E-state index contributed by atoms with van der Waals surface area (Å²) in [7, 11) is 0. The monoisotopic (exact) mass is 197 g/mol. The van der Waals surface area contributed by atoms with Gasteiger partial charge in [-0.3, -0.25) is 0 Å². The molecule has 0 saturated heterocycles. The van der Waals surface area contributed by atoms with Gasteiger partial charge < -0.3 is 10.5 Å². The summed E-state index contributed by atoms with van der Waals surface area (Å²) in [5.74, 6) is -0.0439. The molecule has 0 saturated carbocycles. The lowest BCUT2D eigenvalue weighted by Crippen LogP contribution is -2.13. The molecule has 3 heteroatoms. The summed E-state index contributed by atoms with van der Waals surface area (Å²) in [5.41, 5.74) is 6.20. The van der Waals surface area contributed by atoms with Crippen LogP contribution in [-0.4, -0.2) is 6.10 Å². The predicted octanol–water partition coefficient (Wildman–Crippen LogP) is 2.46. The summed E-state index contributed by atoms with van der Waals surface area (Å²) in [4.78, 5) is 0. The van der Waals surface area contributed by atoms with Gasteiger partial charge in [0.05, 0.1) is 6.10 Å². The highest BCUT2D eigenvalue weighted by atomic mass is 19.1. The molecule has 1 aromatic rings. The summed E-state index contributed by atoms with van der Waals surface area (Å²) in [5, 5.41) is 0. The maximum absolute atomic E-state index is 13.4. The van der Waals surface area contributed by atoms with Gasteiger partial charge in [-0.25, -0.2) is 4.39 Å². The summed E-state index contributed by atoms with van der Waals surface area (Å²) in [6.45, 7) is 4.20. The summed E-state index contributed by atoms with van der Waals surface area (Å²) in [6.07, 6.45) is 0.857. The summed E-state index contributed by atoms with van der Waals surface area (Å²) >= 11 is 0. The van der Waals surface area contributed by atoms with Gasteiger partial charge in [0.25, 0.3) is 0 Å². The molecule has 78 valence electrons. The van der Waals surface area contributed by atoms with Crippen LogP contribution < -0.4 is 10.5 Å². The van der Waals surface area contributed by atoms with Gasteiger partial charge in [0.1, 0.15) is 0 Å². The standard InChI is InChI=1S/C11H16FNO/c1-3-8(2)14-11-9(7-13)5-4-6-10(11)12/h4-6,8H,3,7,13H2,1-2H3. The molecule has 0 aliphatic carbocycles. The molecule has 0 aromatic heterocycles. The smallest absolute Gasteiger partial charge is 0.165 e. The van der Waals surface area contributed by atoms with Gasteiger partial charge >= 0.3 is 0 Å². The Labute approximate surface area is 83.9 Å². The van der Waals surface area contributed by atoms with Gasteiger partial charge in [-0.2, -0.15) is 0 Å². The fraction of sp³-hybridized carbons (Fsp3) is 0.455. The second-order valence-corrected chi connectivity index (χ2v) is 3.27. The molecule has 0 aliphatic heterocycles. The second-order valence-electron chi connectivity index (χ2n) is 3.27. The van der Waals surface area contributed by atoms with Gasteiger partial charge in [0.2, 0.25) is 0 Å². The van der Waals surface area contributed by atoms with Crippen LogP contribution in [0.1, 0.15) is 25.8 Å². The lowest BCUT2D eigenvalue weighted by atomic mass is 10.2. The zero-order valence-corrected chi connectivity index (χ0v) is 8.59. The van der Waals surface area contributed by atoms with Crippen molar-refractivity contribution in [1.82, 2.24) is 0 Å². The second kappa shape index (κ2) is 4.96. The summed E-state index contributed by atoms with van der Waals surface area (Å²) < 4.78 is 18.8. The molecule has 1 atom stereocenters. The van der Waals surface area contributed by atoms with Crippen molar-refractivity contribution >= 4 is 0 Å². The van der Waals surface area contributed by atoms with Gasteiger partial charge in [0.15, 0.2) is 11.6 Å². The van der Waals surface area contributed by atoms with E-state index in [-0.39, 0.29) is 11.9 Å². The molecule has 0 radical (unpaired) electrons. The van der Waals surface area contributed by atoms with E-state index < -0.39 is 0 Å². The Morgan fingerprint density at radius 2 is 2.21 bits per heavy atom. The minimum absolute atomic E-state index is 0.0113. The van der Waals surface area contributed by atoms with Crippen LogP contribution in [0.4, 0.5) is 4.39 Å². The van der Waals surface area contributed by atoms with E-state index in [1.807, 2.05) is 13.8 Å². The van der Waals surface area contributed by atoms with Crippen molar-refractivity contribution in [3.63, 3.8) is 0 Å². The number of para-hydroxylation sites is 1. The van der Waals surface area contributed by atoms with Gasteiger partial charge in [-0.15, -0.1) is 0 Å². The van der Waals surface area contributed by atoms with E-state index >= 15 is 0 Å². The van der Waals surface area contributed by atoms with Gasteiger partial charge in [-0.05, 0) is 19.4 Å². The first-order valence-electron chi connectivity index (χ1n) is 4.83. The molecule has 1 unspecified atom stereocenters. The molecule has 0 fully saturated rings. The predicted molar refractivity (Wildman–Crippen MR) is 54.7 cm³/mol. The molecular formula is C11H16FNO. The number of halogens is 1. The molecule has 0 aliphatic rings. The quantitative estimate of drug-likeness (QED) is 0.804. The highest BCUT2D eigenvalue weighted by Gasteiger charge is 2.10. The third-order valence-corrected chi connectivity index (χ3v) is 2.16. The average molecular weight is 197 g/mol. The Bertz CT molecular complexity index is 301. The lowest BCUT2D eigenvalue weighted by Gasteiger charge is -2.15. The Balaban J connectivity index is 2.92. The Morgan fingerprint density at radius 3 is 2.79 bits per heavy atom. The molecule has 2 N–H and O–H groups in total. The highest BCUT2D eigenvalue weighted by molar-refractivity contribution is 5.34. The van der Waals surface area contributed by atoms with Crippen molar-refractivity contribution in [3.05, 3.63) is 29.6 Å². The first-order chi connectivity index (χ1) is 6.69. The van der Waals surface area contributed by atoms with Crippen molar-refractivity contribution in [2.45, 2.75) is 32.9 Å². The number of hydrogen-bond donors (Lipinski definition) is 1. The van der Waals surface area contributed by atoms with Crippen molar-refractivity contribution in [1.29, 1.82) is 0 Å². The molecule has 2 nitrogen and oxygen atoms in total. The number of hydrogen-bond acceptors (Lipinski definition) is 2. The lowest BCUT2D eigenvalue weighted by molar-refractivity contribution is 0.205. The zero-order chi connectivity index (χ0) is 10.6. The van der Waals surface area contributed by atoms with Gasteiger partial charge in [-0.1, -0.05) is 19.1 Å². The fourth-order valence-electron chi connectivity index (χ4n) is 1.13. The molecule has 1 aromatic carbocycles. The van der Waals surface area contributed by atoms with Crippen LogP contribution in [0.15, 0.2) is 18.2 Å². The van der Waals surface area contributed by atoms with E-state index in [0.29, 0.717) is 17.9 Å². The third-order valence-electron chi connectivity index (χ3n) is 2.16. The van der Waals surface area contributed by atoms with Gasteiger partial charge in [0, 0.05) is 12.1 Å². The van der Waals surface area contributed by atoms with Crippen LogP contribution >= 0.6 is 0 Å². The maximum atomic E-state index is 13.4. The molecule has 0 heterocycles. The highest BCUT2D eigenvalue weighted by Crippen LogP contribution is 2.23. The number of benzene rings is 1. The van der Waals surface area contributed by atoms with Crippen molar-refractivity contribution < 1.29 is 9.13 Å². The minimum Gasteiger partial charge on any atom is -0.487 e. The molecule has 0 amide bonds. The van der Waals surface area contributed by atoms with Crippen molar-refractivity contribution in [2.75, 3.05) is 0 Å². The van der Waals surface area contributed by atoms with E-state index in [9.17, 15) is 4.39 Å². The average Bonchev–Trinajstić information content (AvgIpc) is 2.20. The van der Waals surface area contributed by atoms with E-state index in [1.54, 1.807) is 12.1 Å². The Hall–Kier alpha value is -1.09. The van der Waals surface area contributed by atoms with Crippen LogP contribution in [0.3, 0.4) is 0 Å². The normalized spacial score (nSPS) is 12.6. The van der Waals surface area contributed by atoms with Crippen LogP contribution in [0.25, 0.3) is 0 Å². The van der Waals surface area contributed by atoms with E-state index in [1.165, 1.54) is 6.07 Å². The summed E-state index contributed by atoms with van der Waals surface area (Å²) in [6, 6.07) is 4.80. The number of rotatable bonds is 4. The Morgan fingerprint density at radius 1 is 1.50 bits per heavy atom. The van der Waals surface area contributed by atoms with E-state index in [0.717, 1.165) is 6.42 Å². The molecule has 1 rings (SSSR count). The Kier molecular flexibility index (Phi) is 3.89. The van der Waals surface area contributed by atoms with Crippen LogP contribution in [0, 0.1) is 5.82 Å². The topological polar surface area (TPSA) is 35.2 Å². The third kappa shape index (κ3) is 2.45. The van der Waals surface area contributed by atoms with Crippen LogP contribution in [0.5, 0.6) is 5.75 Å². The van der Waals surface area contributed by atoms with E-state index in [4.69, 9.17) is 10.5 Å². The molecule has 0 bridgehead atoms. The van der Waals surface area contributed by atoms with Crippen molar-refractivity contribution in [3.8, 4) is 5.75 Å². The zero-order valence-electron chi connectivity index (χ0n) is 8.59. The van der Waals surface area contributed by atoms with Crippen LogP contribution in [0.2, 0.25) is 0 Å².